The average Bonchev–Trinajstić information content (AvgIpc) is 3.00. The second kappa shape index (κ2) is 6.16. The van der Waals surface area contributed by atoms with Gasteiger partial charge in [0.2, 0.25) is 0 Å². The predicted octanol–water partition coefficient (Wildman–Crippen LogP) is 2.34. The Balaban J connectivity index is 0.000000980. The van der Waals surface area contributed by atoms with Crippen LogP contribution < -0.4 is 10.5 Å². The number of pyridine rings is 1. The Bertz CT molecular complexity index is 288. The number of halogens is 2. The number of rotatable bonds is 3. The molecule has 1 saturated carbocycles. The maximum Gasteiger partial charge on any atom is 0.137 e. The first-order valence-corrected chi connectivity index (χ1v) is 4.57. The van der Waals surface area contributed by atoms with E-state index in [2.05, 4.69) is 4.98 Å². The zero-order valence-corrected chi connectivity index (χ0v) is 10.2. The average molecular weight is 251 g/mol. The van der Waals surface area contributed by atoms with E-state index >= 15 is 0 Å². The fourth-order valence-electron chi connectivity index (χ4n) is 1.41. The summed E-state index contributed by atoms with van der Waals surface area (Å²) >= 11 is 0. The molecule has 0 aromatic carbocycles. The molecule has 5 heteroatoms. The van der Waals surface area contributed by atoms with E-state index in [4.69, 9.17) is 10.5 Å². The number of nitrogens with two attached hydrogens (primary N) is 1. The van der Waals surface area contributed by atoms with E-state index in [1.54, 1.807) is 13.3 Å². The molecule has 0 aliphatic heterocycles. The molecule has 1 heterocycles. The summed E-state index contributed by atoms with van der Waals surface area (Å²) < 4.78 is 5.02. The van der Waals surface area contributed by atoms with Crippen LogP contribution in [0.15, 0.2) is 18.3 Å². The van der Waals surface area contributed by atoms with Gasteiger partial charge in [0.25, 0.3) is 0 Å². The zero-order chi connectivity index (χ0) is 9.26. The SMILES string of the molecule is COc1ccc(C(N)C2CC2)nc1.Cl.Cl. The first-order chi connectivity index (χ1) is 6.31. The summed E-state index contributed by atoms with van der Waals surface area (Å²) in [7, 11) is 1.64. The first-order valence-electron chi connectivity index (χ1n) is 4.57. The van der Waals surface area contributed by atoms with Crippen molar-refractivity contribution in [2.75, 3.05) is 7.11 Å². The molecule has 0 bridgehead atoms. The minimum atomic E-state index is 0. The predicted molar refractivity (Wildman–Crippen MR) is 64.9 cm³/mol. The van der Waals surface area contributed by atoms with Gasteiger partial charge < -0.3 is 10.5 Å². The van der Waals surface area contributed by atoms with Gasteiger partial charge in [-0.1, -0.05) is 0 Å². The molecule has 1 aromatic heterocycles. The molecule has 0 amide bonds. The van der Waals surface area contributed by atoms with Crippen molar-refractivity contribution in [1.29, 1.82) is 0 Å². The Morgan fingerprint density at radius 1 is 1.40 bits per heavy atom. The summed E-state index contributed by atoms with van der Waals surface area (Å²) in [6.45, 7) is 0. The number of aromatic nitrogens is 1. The zero-order valence-electron chi connectivity index (χ0n) is 8.55. The molecule has 1 unspecified atom stereocenters. The van der Waals surface area contributed by atoms with Gasteiger partial charge >= 0.3 is 0 Å². The van der Waals surface area contributed by atoms with E-state index < -0.39 is 0 Å². The van der Waals surface area contributed by atoms with Crippen molar-refractivity contribution in [3.8, 4) is 5.75 Å². The van der Waals surface area contributed by atoms with Crippen LogP contribution >= 0.6 is 24.8 Å². The summed E-state index contributed by atoms with van der Waals surface area (Å²) in [5.41, 5.74) is 6.96. The van der Waals surface area contributed by atoms with Crippen LogP contribution in [0, 0.1) is 5.92 Å². The molecule has 15 heavy (non-hydrogen) atoms. The van der Waals surface area contributed by atoms with Gasteiger partial charge in [0, 0.05) is 6.04 Å². The third-order valence-electron chi connectivity index (χ3n) is 2.47. The van der Waals surface area contributed by atoms with E-state index in [0.717, 1.165) is 11.4 Å². The summed E-state index contributed by atoms with van der Waals surface area (Å²) in [5, 5.41) is 0. The van der Waals surface area contributed by atoms with E-state index in [1.807, 2.05) is 12.1 Å². The number of nitrogens with zero attached hydrogens (tertiary/aromatic N) is 1. The lowest BCUT2D eigenvalue weighted by Crippen LogP contribution is -2.13. The molecule has 2 rings (SSSR count). The summed E-state index contributed by atoms with van der Waals surface area (Å²) in [6.07, 6.45) is 4.21. The molecule has 1 aliphatic carbocycles. The van der Waals surface area contributed by atoms with Crippen molar-refractivity contribution in [3.05, 3.63) is 24.0 Å². The van der Waals surface area contributed by atoms with Gasteiger partial charge in [-0.3, -0.25) is 4.98 Å². The van der Waals surface area contributed by atoms with Crippen LogP contribution in [-0.2, 0) is 0 Å². The highest BCUT2D eigenvalue weighted by Crippen LogP contribution is 2.38. The monoisotopic (exact) mass is 250 g/mol. The van der Waals surface area contributed by atoms with Crippen LogP contribution in [0.1, 0.15) is 24.6 Å². The van der Waals surface area contributed by atoms with Crippen LogP contribution in [0.5, 0.6) is 5.75 Å². The number of hydrogen-bond acceptors (Lipinski definition) is 3. The minimum absolute atomic E-state index is 0. The standard InChI is InChI=1S/C10H14N2O.2ClH/c1-13-8-4-5-9(12-6-8)10(11)7-2-3-7;;/h4-7,10H,2-3,11H2,1H3;2*1H. The highest BCUT2D eigenvalue weighted by Gasteiger charge is 2.30. The summed E-state index contributed by atoms with van der Waals surface area (Å²) in [5.74, 6) is 1.44. The molecule has 0 spiro atoms. The Hall–Kier alpha value is -0.510. The second-order valence-electron chi connectivity index (χ2n) is 3.49. The molecule has 86 valence electrons. The van der Waals surface area contributed by atoms with Gasteiger partial charge in [-0.05, 0) is 30.9 Å². The van der Waals surface area contributed by atoms with E-state index in [-0.39, 0.29) is 30.9 Å². The fraction of sp³-hybridized carbons (Fsp3) is 0.500. The van der Waals surface area contributed by atoms with Gasteiger partial charge in [-0.25, -0.2) is 0 Å². The van der Waals surface area contributed by atoms with Gasteiger partial charge in [0.15, 0.2) is 0 Å². The second-order valence-corrected chi connectivity index (χ2v) is 3.49. The normalized spacial score (nSPS) is 15.9. The third-order valence-corrected chi connectivity index (χ3v) is 2.47. The number of ether oxygens (including phenoxy) is 1. The number of methoxy groups -OCH3 is 1. The van der Waals surface area contributed by atoms with Crippen molar-refractivity contribution >= 4 is 24.8 Å². The molecule has 1 atom stereocenters. The van der Waals surface area contributed by atoms with Crippen molar-refractivity contribution in [1.82, 2.24) is 4.98 Å². The molecule has 3 nitrogen and oxygen atoms in total. The molecule has 1 aliphatic rings. The van der Waals surface area contributed by atoms with Crippen molar-refractivity contribution < 1.29 is 4.74 Å². The lowest BCUT2D eigenvalue weighted by atomic mass is 10.1. The van der Waals surface area contributed by atoms with Gasteiger partial charge in [0.05, 0.1) is 19.0 Å². The van der Waals surface area contributed by atoms with Crippen molar-refractivity contribution in [2.24, 2.45) is 11.7 Å². The fourth-order valence-corrected chi connectivity index (χ4v) is 1.41. The molecule has 2 N–H and O–H groups in total. The molecular weight excluding hydrogens is 235 g/mol. The summed E-state index contributed by atoms with van der Waals surface area (Å²) in [6, 6.07) is 3.97. The van der Waals surface area contributed by atoms with Gasteiger partial charge in [-0.15, -0.1) is 24.8 Å². The van der Waals surface area contributed by atoms with Crippen LogP contribution in [0.4, 0.5) is 0 Å². The Labute approximate surface area is 102 Å². The molecule has 1 aromatic rings. The quantitative estimate of drug-likeness (QED) is 0.896. The maximum absolute atomic E-state index is 5.99. The van der Waals surface area contributed by atoms with E-state index in [0.29, 0.717) is 5.92 Å². The lowest BCUT2D eigenvalue weighted by molar-refractivity contribution is 0.412. The largest absolute Gasteiger partial charge is 0.495 e. The van der Waals surface area contributed by atoms with Gasteiger partial charge in [-0.2, -0.15) is 0 Å². The summed E-state index contributed by atoms with van der Waals surface area (Å²) in [4.78, 5) is 4.26. The highest BCUT2D eigenvalue weighted by molar-refractivity contribution is 5.85. The van der Waals surface area contributed by atoms with Crippen LogP contribution in [-0.4, -0.2) is 12.1 Å². The maximum atomic E-state index is 5.99. The van der Waals surface area contributed by atoms with Crippen molar-refractivity contribution in [2.45, 2.75) is 18.9 Å². The minimum Gasteiger partial charge on any atom is -0.495 e. The Morgan fingerprint density at radius 3 is 2.47 bits per heavy atom. The lowest BCUT2D eigenvalue weighted by Gasteiger charge is -2.09. The van der Waals surface area contributed by atoms with Crippen LogP contribution in [0.3, 0.4) is 0 Å². The Morgan fingerprint density at radius 2 is 2.07 bits per heavy atom. The van der Waals surface area contributed by atoms with Crippen LogP contribution in [0.25, 0.3) is 0 Å². The van der Waals surface area contributed by atoms with Crippen molar-refractivity contribution in [3.63, 3.8) is 0 Å². The third kappa shape index (κ3) is 3.52. The van der Waals surface area contributed by atoms with Crippen LogP contribution in [0.2, 0.25) is 0 Å². The first kappa shape index (κ1) is 14.5. The van der Waals surface area contributed by atoms with Gasteiger partial charge in [0.1, 0.15) is 5.75 Å². The molecular formula is C10H16Cl2N2O. The van der Waals surface area contributed by atoms with E-state index in [9.17, 15) is 0 Å². The number of hydrogen-bond donors (Lipinski definition) is 1. The smallest absolute Gasteiger partial charge is 0.137 e. The topological polar surface area (TPSA) is 48.1 Å². The molecule has 0 radical (unpaired) electrons. The Kier molecular flexibility index (Phi) is 5.95. The highest BCUT2D eigenvalue weighted by atomic mass is 35.5. The molecule has 0 saturated heterocycles. The molecule has 1 fully saturated rings. The van der Waals surface area contributed by atoms with E-state index in [1.165, 1.54) is 12.8 Å².